The molecule has 0 N–H and O–H groups in total. The van der Waals surface area contributed by atoms with Crippen LogP contribution in [0, 0.1) is 0 Å². The number of hydrogen-bond donors (Lipinski definition) is 0. The highest BCUT2D eigenvalue weighted by molar-refractivity contribution is 6.10. The Labute approximate surface area is 274 Å². The molecule has 222 valence electrons. The third-order valence-electron chi connectivity index (χ3n) is 9.79. The first-order valence-electron chi connectivity index (χ1n) is 16.1. The Morgan fingerprint density at radius 3 is 1.91 bits per heavy atom. The predicted octanol–water partition coefficient (Wildman–Crippen LogP) is 11.2. The van der Waals surface area contributed by atoms with Crippen LogP contribution in [0.5, 0.6) is 0 Å². The molecule has 2 aromatic heterocycles. The van der Waals surface area contributed by atoms with Crippen LogP contribution in [0.3, 0.4) is 0 Å². The first-order chi connectivity index (χ1) is 23.0. The predicted molar refractivity (Wildman–Crippen MR) is 194 cm³/mol. The highest BCUT2D eigenvalue weighted by Gasteiger charge is 2.35. The van der Waals surface area contributed by atoms with Crippen molar-refractivity contribution in [1.29, 1.82) is 0 Å². The average molecular weight is 602 g/mol. The molecular formula is C44H31N3. The van der Waals surface area contributed by atoms with Gasteiger partial charge in [-0.05, 0) is 91.3 Å². The zero-order valence-corrected chi connectivity index (χ0v) is 26.3. The molecule has 0 spiro atoms. The molecule has 0 aliphatic heterocycles. The van der Waals surface area contributed by atoms with Crippen molar-refractivity contribution < 1.29 is 0 Å². The maximum atomic E-state index is 5.25. The van der Waals surface area contributed by atoms with Crippen LogP contribution < -0.4 is 0 Å². The van der Waals surface area contributed by atoms with Crippen molar-refractivity contribution >= 4 is 21.5 Å². The number of rotatable bonds is 4. The van der Waals surface area contributed by atoms with E-state index in [0.29, 0.717) is 5.82 Å². The zero-order valence-electron chi connectivity index (χ0n) is 26.3. The Morgan fingerprint density at radius 2 is 1.09 bits per heavy atom. The fraction of sp³-hybridized carbons (Fsp3) is 0.0682. The van der Waals surface area contributed by atoms with Crippen LogP contribution in [0.2, 0.25) is 0 Å². The summed E-state index contributed by atoms with van der Waals surface area (Å²) < 4.78 is 0. The van der Waals surface area contributed by atoms with Crippen molar-refractivity contribution in [1.82, 2.24) is 15.0 Å². The Balaban J connectivity index is 1.26. The van der Waals surface area contributed by atoms with Gasteiger partial charge < -0.3 is 0 Å². The van der Waals surface area contributed by atoms with E-state index in [9.17, 15) is 0 Å². The second-order valence-electron chi connectivity index (χ2n) is 12.9. The molecule has 3 heteroatoms. The van der Waals surface area contributed by atoms with Gasteiger partial charge in [-0.25, -0.2) is 9.97 Å². The van der Waals surface area contributed by atoms with E-state index in [0.717, 1.165) is 39.2 Å². The monoisotopic (exact) mass is 601 g/mol. The lowest BCUT2D eigenvalue weighted by Gasteiger charge is -2.22. The van der Waals surface area contributed by atoms with E-state index >= 15 is 0 Å². The van der Waals surface area contributed by atoms with Gasteiger partial charge in [0, 0.05) is 34.5 Å². The van der Waals surface area contributed by atoms with Gasteiger partial charge >= 0.3 is 0 Å². The summed E-state index contributed by atoms with van der Waals surface area (Å²) in [7, 11) is 0. The minimum absolute atomic E-state index is 0.0654. The van der Waals surface area contributed by atoms with Crippen molar-refractivity contribution in [2.24, 2.45) is 0 Å². The fourth-order valence-corrected chi connectivity index (χ4v) is 7.35. The van der Waals surface area contributed by atoms with Gasteiger partial charge in [-0.15, -0.1) is 0 Å². The van der Waals surface area contributed by atoms with Crippen LogP contribution >= 0.6 is 0 Å². The second-order valence-corrected chi connectivity index (χ2v) is 12.9. The summed E-state index contributed by atoms with van der Waals surface area (Å²) in [6.07, 6.45) is 3.67. The molecule has 0 saturated carbocycles. The lowest BCUT2D eigenvalue weighted by atomic mass is 9.81. The van der Waals surface area contributed by atoms with E-state index in [-0.39, 0.29) is 5.41 Å². The molecule has 8 aromatic rings. The summed E-state index contributed by atoms with van der Waals surface area (Å²) >= 11 is 0. The van der Waals surface area contributed by atoms with Crippen LogP contribution in [0.25, 0.3) is 77.7 Å². The van der Waals surface area contributed by atoms with Crippen molar-refractivity contribution in [3.8, 4) is 56.2 Å². The topological polar surface area (TPSA) is 38.7 Å². The molecule has 0 fully saturated rings. The highest BCUT2D eigenvalue weighted by Crippen LogP contribution is 2.50. The molecule has 1 aliphatic rings. The van der Waals surface area contributed by atoms with Gasteiger partial charge in [0.2, 0.25) is 0 Å². The van der Waals surface area contributed by atoms with E-state index in [2.05, 4.69) is 140 Å². The van der Waals surface area contributed by atoms with E-state index in [1.165, 1.54) is 43.8 Å². The van der Waals surface area contributed by atoms with Gasteiger partial charge in [0.25, 0.3) is 0 Å². The molecule has 6 aromatic carbocycles. The summed E-state index contributed by atoms with van der Waals surface area (Å²) in [5.41, 5.74) is 12.5. The van der Waals surface area contributed by atoms with Gasteiger partial charge in [0.15, 0.2) is 5.82 Å². The Bertz CT molecular complexity index is 2480. The summed E-state index contributed by atoms with van der Waals surface area (Å²) in [6, 6.07) is 49.8. The Morgan fingerprint density at radius 1 is 0.426 bits per heavy atom. The molecule has 1 aliphatic carbocycles. The van der Waals surface area contributed by atoms with Crippen LogP contribution in [-0.4, -0.2) is 15.0 Å². The third kappa shape index (κ3) is 4.46. The molecule has 0 saturated heterocycles. The minimum atomic E-state index is -0.0654. The zero-order chi connectivity index (χ0) is 31.5. The lowest BCUT2D eigenvalue weighted by Crippen LogP contribution is -2.14. The second kappa shape index (κ2) is 10.6. The summed E-state index contributed by atoms with van der Waals surface area (Å²) in [5, 5.41) is 4.91. The normalized spacial score (nSPS) is 13.1. The van der Waals surface area contributed by atoms with Crippen LogP contribution in [0.4, 0.5) is 0 Å². The van der Waals surface area contributed by atoms with E-state index in [1.807, 2.05) is 30.6 Å². The fourth-order valence-electron chi connectivity index (χ4n) is 7.35. The average Bonchev–Trinajstić information content (AvgIpc) is 3.36. The Hall–Kier alpha value is -5.93. The van der Waals surface area contributed by atoms with E-state index < -0.39 is 0 Å². The van der Waals surface area contributed by atoms with Gasteiger partial charge in [-0.3, -0.25) is 4.98 Å². The van der Waals surface area contributed by atoms with Crippen LogP contribution in [0.15, 0.2) is 152 Å². The standard InChI is InChI=1S/C44H31N3/c1-44(2)39-15-9-8-13-34(39)38-24-31-18-16-28-17-19-32(25-36(28)37(31)26-40(38)44)43-46-41(30-10-4-3-5-11-30)27-42(47-43)35-14-7-6-12-33(35)29-20-22-45-23-21-29/h3-27H,1-2H3. The highest BCUT2D eigenvalue weighted by atomic mass is 14.9. The molecule has 2 heterocycles. The minimum Gasteiger partial charge on any atom is -0.265 e. The molecule has 9 rings (SSSR count). The maximum Gasteiger partial charge on any atom is 0.160 e. The molecule has 0 atom stereocenters. The van der Waals surface area contributed by atoms with Crippen molar-refractivity contribution in [3.05, 3.63) is 163 Å². The number of benzene rings is 6. The Kier molecular flexibility index (Phi) is 6.16. The molecular weight excluding hydrogens is 571 g/mol. The molecule has 0 unspecified atom stereocenters. The quantitative estimate of drug-likeness (QED) is 0.188. The maximum absolute atomic E-state index is 5.25. The molecule has 47 heavy (non-hydrogen) atoms. The van der Waals surface area contributed by atoms with Crippen molar-refractivity contribution in [3.63, 3.8) is 0 Å². The van der Waals surface area contributed by atoms with E-state index in [4.69, 9.17) is 9.97 Å². The summed E-state index contributed by atoms with van der Waals surface area (Å²) in [4.78, 5) is 14.7. The number of aromatic nitrogens is 3. The smallest absolute Gasteiger partial charge is 0.160 e. The molecule has 0 amide bonds. The van der Waals surface area contributed by atoms with Crippen LogP contribution in [-0.2, 0) is 5.41 Å². The number of nitrogens with zero attached hydrogens (tertiary/aromatic N) is 3. The van der Waals surface area contributed by atoms with Crippen molar-refractivity contribution in [2.45, 2.75) is 19.3 Å². The first kappa shape index (κ1) is 27.4. The third-order valence-corrected chi connectivity index (χ3v) is 9.79. The largest absolute Gasteiger partial charge is 0.265 e. The molecule has 0 radical (unpaired) electrons. The summed E-state index contributed by atoms with van der Waals surface area (Å²) in [6.45, 7) is 4.68. The van der Waals surface area contributed by atoms with Crippen molar-refractivity contribution in [2.75, 3.05) is 0 Å². The first-order valence-corrected chi connectivity index (χ1v) is 16.1. The summed E-state index contributed by atoms with van der Waals surface area (Å²) in [5.74, 6) is 0.707. The van der Waals surface area contributed by atoms with Gasteiger partial charge in [0.05, 0.1) is 11.4 Å². The number of fused-ring (bicyclic) bond motifs is 6. The van der Waals surface area contributed by atoms with Gasteiger partial charge in [-0.1, -0.05) is 117 Å². The SMILES string of the molecule is CC1(C)c2ccccc2-c2cc3ccc4ccc(-c5nc(-c6ccccc6)cc(-c6ccccc6-c6ccncc6)n5)cc4c3cc21. The molecule has 3 nitrogen and oxygen atoms in total. The van der Waals surface area contributed by atoms with Gasteiger partial charge in [0.1, 0.15) is 0 Å². The number of hydrogen-bond acceptors (Lipinski definition) is 3. The van der Waals surface area contributed by atoms with Gasteiger partial charge in [-0.2, -0.15) is 0 Å². The molecule has 0 bridgehead atoms. The van der Waals surface area contributed by atoms with E-state index in [1.54, 1.807) is 0 Å². The lowest BCUT2D eigenvalue weighted by molar-refractivity contribution is 0.661. The number of pyridine rings is 1. The van der Waals surface area contributed by atoms with Crippen LogP contribution in [0.1, 0.15) is 25.0 Å².